The minimum Gasteiger partial charge on any atom is -0.493 e. The van der Waals surface area contributed by atoms with Crippen LogP contribution in [-0.2, 0) is 16.2 Å². The Labute approximate surface area is 229 Å². The molecule has 0 amide bonds. The Morgan fingerprint density at radius 3 is 2.54 bits per heavy atom. The molecule has 208 valence electrons. The van der Waals surface area contributed by atoms with Gasteiger partial charge in [0.2, 0.25) is 0 Å². The van der Waals surface area contributed by atoms with E-state index in [2.05, 4.69) is 34.0 Å². The van der Waals surface area contributed by atoms with Crippen molar-refractivity contribution in [2.45, 2.75) is 70.4 Å². The number of likely N-dealkylation sites (tertiary alicyclic amines) is 2. The molecule has 2 aromatic carbocycles. The van der Waals surface area contributed by atoms with Crippen LogP contribution in [0, 0.1) is 11.2 Å². The normalized spacial score (nSPS) is 21.8. The number of ether oxygens (including phenoxy) is 1. The van der Waals surface area contributed by atoms with Crippen LogP contribution in [0.1, 0.15) is 69.4 Å². The van der Waals surface area contributed by atoms with Crippen molar-refractivity contribution in [3.63, 3.8) is 0 Å². The molecule has 39 heavy (non-hydrogen) atoms. The van der Waals surface area contributed by atoms with E-state index in [-0.39, 0.29) is 11.4 Å². The van der Waals surface area contributed by atoms with Crippen LogP contribution in [0.2, 0.25) is 0 Å². The Balaban J connectivity index is 1.13. The number of hydrogen-bond acceptors (Lipinski definition) is 6. The van der Waals surface area contributed by atoms with Gasteiger partial charge in [0.25, 0.3) is 0 Å². The van der Waals surface area contributed by atoms with E-state index in [1.54, 1.807) is 0 Å². The number of aliphatic carboxylic acids is 1. The third-order valence-corrected chi connectivity index (χ3v) is 8.86. The molecule has 6 rings (SSSR count). The molecule has 0 unspecified atom stereocenters. The molecule has 8 heteroatoms. The second-order valence-electron chi connectivity index (χ2n) is 12.1. The van der Waals surface area contributed by atoms with Crippen molar-refractivity contribution in [2.24, 2.45) is 10.6 Å². The first-order valence-electron chi connectivity index (χ1n) is 14.3. The van der Waals surface area contributed by atoms with Crippen LogP contribution in [-0.4, -0.2) is 65.1 Å². The van der Waals surface area contributed by atoms with E-state index < -0.39 is 11.4 Å². The van der Waals surface area contributed by atoms with Gasteiger partial charge >= 0.3 is 5.97 Å². The van der Waals surface area contributed by atoms with Crippen LogP contribution in [0.4, 0.5) is 4.39 Å². The number of oxime groups is 1. The highest BCUT2D eigenvalue weighted by Crippen LogP contribution is 2.47. The molecule has 0 bridgehead atoms. The summed E-state index contributed by atoms with van der Waals surface area (Å²) < 4.78 is 19.9. The fraction of sp³-hybridized carbons (Fsp3) is 0.548. The van der Waals surface area contributed by atoms with Crippen LogP contribution in [0.3, 0.4) is 0 Å². The second-order valence-corrected chi connectivity index (χ2v) is 12.1. The van der Waals surface area contributed by atoms with E-state index in [1.165, 1.54) is 36.1 Å². The van der Waals surface area contributed by atoms with Crippen molar-refractivity contribution >= 4 is 11.8 Å². The summed E-state index contributed by atoms with van der Waals surface area (Å²) in [5, 5.41) is 14.0. The Morgan fingerprint density at radius 1 is 1.18 bits per heavy atom. The van der Waals surface area contributed by atoms with Gasteiger partial charge in [-0.3, -0.25) is 9.69 Å². The first-order valence-corrected chi connectivity index (χ1v) is 14.3. The lowest BCUT2D eigenvalue weighted by Crippen LogP contribution is -2.61. The summed E-state index contributed by atoms with van der Waals surface area (Å²) in [5.74, 6) is 1.47. The van der Waals surface area contributed by atoms with Gasteiger partial charge < -0.3 is 19.6 Å². The average Bonchev–Trinajstić information content (AvgIpc) is 3.66. The van der Waals surface area contributed by atoms with Crippen LogP contribution in [0.15, 0.2) is 41.6 Å². The maximum atomic E-state index is 13.6. The van der Waals surface area contributed by atoms with Gasteiger partial charge in [-0.1, -0.05) is 24.2 Å². The summed E-state index contributed by atoms with van der Waals surface area (Å²) in [6.07, 6.45) is 5.32. The van der Waals surface area contributed by atoms with Crippen molar-refractivity contribution in [2.75, 3.05) is 32.8 Å². The van der Waals surface area contributed by atoms with Gasteiger partial charge in [-0.25, -0.2) is 4.39 Å². The van der Waals surface area contributed by atoms with E-state index >= 15 is 0 Å². The highest BCUT2D eigenvalue weighted by Gasteiger charge is 2.51. The molecule has 3 heterocycles. The summed E-state index contributed by atoms with van der Waals surface area (Å²) in [6, 6.07) is 11.3. The van der Waals surface area contributed by atoms with Gasteiger partial charge in [-0.2, -0.15) is 0 Å². The molecule has 1 saturated carbocycles. The zero-order valence-corrected chi connectivity index (χ0v) is 22.9. The molecule has 0 radical (unpaired) electrons. The number of carboxylic acid groups (broad SMARTS) is 1. The molecule has 3 fully saturated rings. The topological polar surface area (TPSA) is 74.6 Å². The first kappa shape index (κ1) is 26.1. The highest BCUT2D eigenvalue weighted by molar-refractivity contribution is 5.85. The zero-order chi connectivity index (χ0) is 27.2. The molecule has 7 nitrogen and oxygen atoms in total. The second kappa shape index (κ2) is 10.1. The molecule has 2 saturated heterocycles. The van der Waals surface area contributed by atoms with Crippen LogP contribution in [0.25, 0.3) is 11.1 Å². The molecule has 4 aliphatic rings. The van der Waals surface area contributed by atoms with Crippen LogP contribution >= 0.6 is 0 Å². The van der Waals surface area contributed by atoms with Crippen molar-refractivity contribution in [3.05, 3.63) is 53.3 Å². The van der Waals surface area contributed by atoms with Gasteiger partial charge in [0.1, 0.15) is 17.4 Å². The van der Waals surface area contributed by atoms with Crippen molar-refractivity contribution < 1.29 is 23.9 Å². The van der Waals surface area contributed by atoms with Crippen molar-refractivity contribution in [1.82, 2.24) is 9.80 Å². The van der Waals surface area contributed by atoms with Crippen molar-refractivity contribution in [1.29, 1.82) is 0 Å². The number of amidine groups is 1. The van der Waals surface area contributed by atoms with E-state index in [1.807, 2.05) is 19.1 Å². The monoisotopic (exact) mass is 535 g/mol. The molecule has 0 aromatic heterocycles. The predicted octanol–water partition coefficient (Wildman–Crippen LogP) is 5.63. The third-order valence-electron chi connectivity index (χ3n) is 8.86. The Morgan fingerprint density at radius 2 is 1.90 bits per heavy atom. The zero-order valence-electron chi connectivity index (χ0n) is 22.9. The summed E-state index contributed by atoms with van der Waals surface area (Å²) in [6.45, 7) is 8.38. The Kier molecular flexibility index (Phi) is 6.78. The predicted molar refractivity (Wildman–Crippen MR) is 147 cm³/mol. The molecule has 1 aliphatic carbocycles. The first-order chi connectivity index (χ1) is 18.8. The van der Waals surface area contributed by atoms with E-state index in [4.69, 9.17) is 9.57 Å². The fourth-order valence-corrected chi connectivity index (χ4v) is 6.16. The van der Waals surface area contributed by atoms with E-state index in [0.29, 0.717) is 38.5 Å². The molecule has 0 atom stereocenters. The van der Waals surface area contributed by atoms with Gasteiger partial charge in [0.05, 0.1) is 18.4 Å². The molecule has 2 aromatic rings. The molecule has 1 N–H and O–H groups in total. The summed E-state index contributed by atoms with van der Waals surface area (Å²) in [7, 11) is 0. The minimum atomic E-state index is -0.712. The maximum Gasteiger partial charge on any atom is 0.309 e. The van der Waals surface area contributed by atoms with Crippen LogP contribution in [0.5, 0.6) is 5.75 Å². The van der Waals surface area contributed by atoms with Gasteiger partial charge in [-0.05, 0) is 85.9 Å². The number of rotatable bonds is 8. The minimum absolute atomic E-state index is 0.224. The fourth-order valence-electron chi connectivity index (χ4n) is 6.16. The Hall–Kier alpha value is -3.13. The lowest BCUT2D eigenvalue weighted by Gasteiger charge is -2.46. The van der Waals surface area contributed by atoms with E-state index in [9.17, 15) is 14.3 Å². The quantitative estimate of drug-likeness (QED) is 0.472. The highest BCUT2D eigenvalue weighted by atomic mass is 19.1. The summed E-state index contributed by atoms with van der Waals surface area (Å²) in [5.41, 5.74) is 3.75. The SMILES string of the molecule is CCCOc1cc(-c2ccc(F)cc2)c(C2CC2)cc1CN1CC2(CC(N3CCC(C)(C(=O)O)CC3)=NO2)C1. The molecular weight excluding hydrogens is 497 g/mol. The van der Waals surface area contributed by atoms with Crippen LogP contribution < -0.4 is 4.74 Å². The maximum absolute atomic E-state index is 13.6. The standard InChI is InChI=1S/C31H38FN3O4/c1-3-14-38-27-16-26(22-6-8-24(32)9-7-22)25(21-4-5-21)15-23(27)18-34-19-31(20-34)17-28(33-39-31)35-12-10-30(2,11-13-35)29(36)37/h6-9,15-16,21H,3-5,10-14,17-20H2,1-2H3,(H,36,37). The van der Waals surface area contributed by atoms with E-state index in [0.717, 1.165) is 55.2 Å². The lowest BCUT2D eigenvalue weighted by molar-refractivity contribution is -0.150. The molecule has 1 spiro atoms. The largest absolute Gasteiger partial charge is 0.493 e. The number of hydrogen-bond donors (Lipinski definition) is 1. The lowest BCUT2D eigenvalue weighted by atomic mass is 9.80. The summed E-state index contributed by atoms with van der Waals surface area (Å²) in [4.78, 5) is 22.2. The smallest absolute Gasteiger partial charge is 0.309 e. The average molecular weight is 536 g/mol. The third kappa shape index (κ3) is 5.23. The van der Waals surface area contributed by atoms with Gasteiger partial charge in [0.15, 0.2) is 5.60 Å². The van der Waals surface area contributed by atoms with Crippen molar-refractivity contribution in [3.8, 4) is 16.9 Å². The van der Waals surface area contributed by atoms with Gasteiger partial charge in [0, 0.05) is 38.3 Å². The number of benzene rings is 2. The Bertz CT molecular complexity index is 1260. The number of carboxylic acids is 1. The number of nitrogens with zero attached hydrogens (tertiary/aromatic N) is 3. The molecular formula is C31H38FN3O4. The number of carbonyl (C=O) groups is 1. The number of piperidine rings is 1. The van der Waals surface area contributed by atoms with Gasteiger partial charge in [-0.15, -0.1) is 0 Å². The number of halogens is 1. The molecule has 3 aliphatic heterocycles. The summed E-state index contributed by atoms with van der Waals surface area (Å²) >= 11 is 0.